The topological polar surface area (TPSA) is 68.3 Å². The molecule has 0 aliphatic carbocycles. The molecule has 1 atom stereocenters. The first kappa shape index (κ1) is 16.4. The molecule has 2 aromatic rings. The summed E-state index contributed by atoms with van der Waals surface area (Å²) in [7, 11) is -0.989. The highest BCUT2D eigenvalue weighted by Crippen LogP contribution is 2.27. The van der Waals surface area contributed by atoms with Crippen molar-refractivity contribution in [2.45, 2.75) is 25.6 Å². The highest BCUT2D eigenvalue weighted by Gasteiger charge is 2.32. The van der Waals surface area contributed by atoms with Gasteiger partial charge in [-0.05, 0) is 31.2 Å². The summed E-state index contributed by atoms with van der Waals surface area (Å²) in [5.41, 5.74) is 1.20. The van der Waals surface area contributed by atoms with Crippen molar-refractivity contribution in [1.82, 2.24) is 14.7 Å². The van der Waals surface area contributed by atoms with E-state index in [1.54, 1.807) is 4.68 Å². The van der Waals surface area contributed by atoms with Crippen LogP contribution >= 0.6 is 12.2 Å². The lowest BCUT2D eigenvalue weighted by atomic mass is 10.1. The molecule has 0 N–H and O–H groups in total. The Hall–Kier alpha value is -1.51. The third kappa shape index (κ3) is 4.07. The lowest BCUT2D eigenvalue weighted by Crippen LogP contribution is -2.22. The van der Waals surface area contributed by atoms with Crippen LogP contribution in [0.4, 0.5) is 0 Å². The molecular formula is C15H19N3O3S2. The summed E-state index contributed by atoms with van der Waals surface area (Å²) in [4.78, 5) is 2.35. The first-order chi connectivity index (χ1) is 10.9. The molecule has 1 aromatic carbocycles. The lowest BCUT2D eigenvalue weighted by molar-refractivity contribution is 0.240. The van der Waals surface area contributed by atoms with Gasteiger partial charge >= 0.3 is 0 Å². The van der Waals surface area contributed by atoms with Gasteiger partial charge < -0.3 is 4.42 Å². The number of nitrogens with zero attached hydrogens (tertiary/aromatic N) is 3. The molecular weight excluding hydrogens is 334 g/mol. The third-order valence-corrected chi connectivity index (χ3v) is 5.94. The van der Waals surface area contributed by atoms with Crippen molar-refractivity contribution in [1.29, 1.82) is 0 Å². The van der Waals surface area contributed by atoms with Crippen LogP contribution in [0.3, 0.4) is 0 Å². The van der Waals surface area contributed by atoms with E-state index >= 15 is 0 Å². The lowest BCUT2D eigenvalue weighted by Gasteiger charge is -2.15. The number of rotatable bonds is 5. The maximum atomic E-state index is 11.6. The van der Waals surface area contributed by atoms with E-state index in [1.807, 2.05) is 25.2 Å². The molecule has 2 heterocycles. The molecule has 8 heteroatoms. The van der Waals surface area contributed by atoms with Gasteiger partial charge in [-0.3, -0.25) is 4.90 Å². The summed E-state index contributed by atoms with van der Waals surface area (Å²) >= 11 is 5.21. The van der Waals surface area contributed by atoms with Crippen molar-refractivity contribution < 1.29 is 12.8 Å². The molecule has 1 saturated heterocycles. The van der Waals surface area contributed by atoms with E-state index in [1.165, 1.54) is 5.56 Å². The summed E-state index contributed by atoms with van der Waals surface area (Å²) in [5, 5.41) is 4.38. The number of hydrogen-bond donors (Lipinski definition) is 0. The van der Waals surface area contributed by atoms with Crippen LogP contribution < -0.4 is 0 Å². The van der Waals surface area contributed by atoms with Gasteiger partial charge in [0.1, 0.15) is 0 Å². The van der Waals surface area contributed by atoms with Gasteiger partial charge in [0.05, 0.1) is 24.1 Å². The van der Waals surface area contributed by atoms with Crippen LogP contribution in [0, 0.1) is 4.84 Å². The number of benzene rings is 1. The first-order valence-electron chi connectivity index (χ1n) is 7.44. The predicted molar refractivity (Wildman–Crippen MR) is 89.2 cm³/mol. The van der Waals surface area contributed by atoms with Crippen LogP contribution in [0.1, 0.15) is 23.8 Å². The zero-order chi connectivity index (χ0) is 16.4. The molecule has 1 fully saturated rings. The fourth-order valence-electron chi connectivity index (χ4n) is 2.74. The van der Waals surface area contributed by atoms with Crippen molar-refractivity contribution in [3.8, 4) is 0 Å². The molecule has 0 unspecified atom stereocenters. The molecule has 3 rings (SSSR count). The van der Waals surface area contributed by atoms with Gasteiger partial charge in [0, 0.05) is 6.54 Å². The molecule has 0 saturated carbocycles. The molecule has 0 amide bonds. The van der Waals surface area contributed by atoms with Gasteiger partial charge in [-0.2, -0.15) is 0 Å². The van der Waals surface area contributed by atoms with Crippen molar-refractivity contribution in [3.63, 3.8) is 0 Å². The second kappa shape index (κ2) is 6.54. The third-order valence-electron chi connectivity index (χ3n) is 3.87. The summed E-state index contributed by atoms with van der Waals surface area (Å²) in [6.45, 7) is 1.26. The van der Waals surface area contributed by atoms with Crippen LogP contribution in [0.25, 0.3) is 0 Å². The molecule has 23 heavy (non-hydrogen) atoms. The Balaban J connectivity index is 1.68. The highest BCUT2D eigenvalue weighted by atomic mass is 32.2. The number of sulfone groups is 1. The van der Waals surface area contributed by atoms with E-state index in [2.05, 4.69) is 22.1 Å². The predicted octanol–water partition coefficient (Wildman–Crippen LogP) is 2.20. The Morgan fingerprint density at radius 2 is 2.13 bits per heavy atom. The maximum Gasteiger partial charge on any atom is 0.288 e. The normalized spacial score (nSPS) is 20.2. The fraction of sp³-hybridized carbons (Fsp3) is 0.467. The number of aromatic nitrogens is 2. The zero-order valence-electron chi connectivity index (χ0n) is 12.9. The minimum absolute atomic E-state index is 0.0993. The Bertz CT molecular complexity index is 827. The Kier molecular flexibility index (Phi) is 4.65. The first-order valence-corrected chi connectivity index (χ1v) is 9.67. The van der Waals surface area contributed by atoms with Crippen molar-refractivity contribution in [3.05, 3.63) is 46.6 Å². The van der Waals surface area contributed by atoms with Gasteiger partial charge in [-0.15, -0.1) is 5.10 Å². The van der Waals surface area contributed by atoms with Gasteiger partial charge in [-0.1, -0.05) is 30.3 Å². The summed E-state index contributed by atoms with van der Waals surface area (Å²) < 4.78 is 30.3. The van der Waals surface area contributed by atoms with E-state index < -0.39 is 9.84 Å². The van der Waals surface area contributed by atoms with E-state index in [0.29, 0.717) is 19.0 Å². The molecule has 124 valence electrons. The van der Waals surface area contributed by atoms with E-state index in [4.69, 9.17) is 16.6 Å². The maximum absolute atomic E-state index is 11.6. The molecule has 0 bridgehead atoms. The van der Waals surface area contributed by atoms with Gasteiger partial charge in [0.2, 0.25) is 5.89 Å². The Morgan fingerprint density at radius 3 is 2.78 bits per heavy atom. The van der Waals surface area contributed by atoms with Crippen LogP contribution in [-0.2, 0) is 23.1 Å². The minimum atomic E-state index is -2.96. The largest absolute Gasteiger partial charge is 0.414 e. The van der Waals surface area contributed by atoms with Gasteiger partial charge in [0.25, 0.3) is 4.84 Å². The van der Waals surface area contributed by atoms with Gasteiger partial charge in [-0.25, -0.2) is 13.1 Å². The zero-order valence-corrected chi connectivity index (χ0v) is 14.5. The van der Waals surface area contributed by atoms with Crippen LogP contribution in [0.2, 0.25) is 0 Å². The van der Waals surface area contributed by atoms with Crippen molar-refractivity contribution in [2.75, 3.05) is 18.6 Å². The van der Waals surface area contributed by atoms with E-state index in [0.717, 1.165) is 6.54 Å². The summed E-state index contributed by atoms with van der Waals surface area (Å²) in [5.74, 6) is 0.551. The van der Waals surface area contributed by atoms with Gasteiger partial charge in [0.15, 0.2) is 9.84 Å². The second-order valence-corrected chi connectivity index (χ2v) is 8.52. The summed E-state index contributed by atoms with van der Waals surface area (Å²) in [6, 6.07) is 10.1. The molecule has 1 aliphatic heterocycles. The fourth-order valence-corrected chi connectivity index (χ4v) is 4.66. The van der Waals surface area contributed by atoms with E-state index in [9.17, 15) is 8.42 Å². The Labute approximate surface area is 140 Å². The minimum Gasteiger partial charge on any atom is -0.414 e. The smallest absolute Gasteiger partial charge is 0.288 e. The van der Waals surface area contributed by atoms with Crippen molar-refractivity contribution in [2.24, 2.45) is 0 Å². The Morgan fingerprint density at radius 1 is 1.39 bits per heavy atom. The molecule has 0 spiro atoms. The van der Waals surface area contributed by atoms with Crippen LogP contribution in [0.15, 0.2) is 34.7 Å². The highest BCUT2D eigenvalue weighted by molar-refractivity contribution is 7.91. The quantitative estimate of drug-likeness (QED) is 0.768. The van der Waals surface area contributed by atoms with E-state index in [-0.39, 0.29) is 22.3 Å². The average Bonchev–Trinajstić information content (AvgIpc) is 3.03. The molecule has 1 aromatic heterocycles. The van der Waals surface area contributed by atoms with Crippen LogP contribution in [0.5, 0.6) is 0 Å². The standard InChI is InChI=1S/C15H19N3O3S2/c1-17(9-12-5-3-2-4-6-12)11-18-15(22)21-14(16-18)13-7-8-23(19,20)10-13/h2-6,13H,7-11H2,1H3/t13-/m0/s1. The molecule has 1 aliphatic rings. The number of hydrogen-bond acceptors (Lipinski definition) is 6. The second-order valence-electron chi connectivity index (χ2n) is 5.95. The molecule has 6 nitrogen and oxygen atoms in total. The molecule has 0 radical (unpaired) electrons. The average molecular weight is 353 g/mol. The van der Waals surface area contributed by atoms with Crippen molar-refractivity contribution >= 4 is 22.1 Å². The SMILES string of the molecule is CN(Cc1ccccc1)Cn1nc([C@H]2CCS(=O)(=O)C2)oc1=S. The summed E-state index contributed by atoms with van der Waals surface area (Å²) in [6.07, 6.45) is 0.553. The van der Waals surface area contributed by atoms with Crippen LogP contribution in [-0.4, -0.2) is 41.7 Å². The monoisotopic (exact) mass is 353 g/mol.